The van der Waals surface area contributed by atoms with Crippen molar-refractivity contribution in [2.24, 2.45) is 0 Å². The third-order valence-electron chi connectivity index (χ3n) is 2.66. The Labute approximate surface area is 137 Å². The number of hydrogen-bond donors (Lipinski definition) is 1. The van der Waals surface area contributed by atoms with Crippen LogP contribution in [0.15, 0.2) is 40.5 Å². The second-order valence-electron chi connectivity index (χ2n) is 4.58. The van der Waals surface area contributed by atoms with Crippen molar-refractivity contribution >= 4 is 21.9 Å². The van der Waals surface area contributed by atoms with Crippen molar-refractivity contribution in [2.75, 3.05) is 6.61 Å². The lowest BCUT2D eigenvalue weighted by atomic mass is 10.1. The lowest BCUT2D eigenvalue weighted by Gasteiger charge is -2.10. The average Bonchev–Trinajstić information content (AvgIpc) is 2.41. The number of carbonyl (C=O) groups excluding carboxylic acids is 1. The molecule has 0 unspecified atom stereocenters. The van der Waals surface area contributed by atoms with Gasteiger partial charge in [-0.2, -0.15) is 4.39 Å². The molecule has 22 heavy (non-hydrogen) atoms. The molecule has 0 saturated carbocycles. The summed E-state index contributed by atoms with van der Waals surface area (Å²) >= 11 is 3.01. The number of hydrogen-bond acceptors (Lipinski definition) is 4. The van der Waals surface area contributed by atoms with Crippen LogP contribution >= 0.6 is 15.9 Å². The van der Waals surface area contributed by atoms with Crippen molar-refractivity contribution in [3.63, 3.8) is 0 Å². The highest BCUT2D eigenvalue weighted by molar-refractivity contribution is 9.11. The number of aryl methyl sites for hydroxylation is 1. The molecule has 1 N–H and O–H groups in total. The molecule has 0 radical (unpaired) electrons. The molecule has 120 valence electrons. The molecular weight excluding hydrogens is 355 g/mol. The molecule has 0 atom stereocenters. The Morgan fingerprint density at radius 1 is 1.45 bits per heavy atom. The summed E-state index contributed by atoms with van der Waals surface area (Å²) in [4.78, 5) is 11.6. The first-order valence-electron chi connectivity index (χ1n) is 6.69. The molecule has 0 aliphatic heterocycles. The predicted octanol–water partition coefficient (Wildman–Crippen LogP) is 4.47. The molecule has 0 saturated heterocycles. The molecule has 0 spiro atoms. The fourth-order valence-electron chi connectivity index (χ4n) is 1.61. The third-order valence-corrected chi connectivity index (χ3v) is 3.46. The molecule has 0 aromatic heterocycles. The van der Waals surface area contributed by atoms with E-state index < -0.39 is 12.0 Å². The Balaban J connectivity index is 3.00. The maximum absolute atomic E-state index is 13.8. The van der Waals surface area contributed by atoms with Crippen molar-refractivity contribution in [1.82, 2.24) is 0 Å². The highest BCUT2D eigenvalue weighted by Crippen LogP contribution is 2.25. The smallest absolute Gasteiger partial charge is 0.310 e. The number of aliphatic hydroxyl groups is 1. The van der Waals surface area contributed by atoms with Gasteiger partial charge in [0.2, 0.25) is 0 Å². The van der Waals surface area contributed by atoms with Crippen molar-refractivity contribution in [3.8, 4) is 5.75 Å². The summed E-state index contributed by atoms with van der Waals surface area (Å²) in [5.74, 6) is -0.250. The molecule has 0 bridgehead atoms. The Kier molecular flexibility index (Phi) is 7.11. The summed E-state index contributed by atoms with van der Waals surface area (Å²) in [5, 5.41) is 9.22. The van der Waals surface area contributed by atoms with Gasteiger partial charge in [0.05, 0.1) is 17.5 Å². The third kappa shape index (κ3) is 5.89. The normalized spacial score (nSPS) is 12.7. The van der Waals surface area contributed by atoms with Crippen LogP contribution in [0, 0.1) is 6.92 Å². The van der Waals surface area contributed by atoms with E-state index in [1.54, 1.807) is 25.1 Å². The molecule has 4 nitrogen and oxygen atoms in total. The van der Waals surface area contributed by atoms with Gasteiger partial charge in [-0.3, -0.25) is 4.79 Å². The zero-order chi connectivity index (χ0) is 16.7. The number of ether oxygens (including phenoxy) is 2. The van der Waals surface area contributed by atoms with E-state index in [0.29, 0.717) is 5.56 Å². The fourth-order valence-corrected chi connectivity index (χ4v) is 1.79. The van der Waals surface area contributed by atoms with Crippen molar-refractivity contribution in [2.45, 2.75) is 27.2 Å². The first-order chi connectivity index (χ1) is 10.3. The van der Waals surface area contributed by atoms with Gasteiger partial charge >= 0.3 is 5.97 Å². The van der Waals surface area contributed by atoms with E-state index in [9.17, 15) is 14.3 Å². The van der Waals surface area contributed by atoms with Gasteiger partial charge in [0.1, 0.15) is 11.5 Å². The summed E-state index contributed by atoms with van der Waals surface area (Å²) in [6.45, 7) is 5.24. The van der Waals surface area contributed by atoms with E-state index >= 15 is 0 Å². The zero-order valence-electron chi connectivity index (χ0n) is 12.7. The van der Waals surface area contributed by atoms with Gasteiger partial charge < -0.3 is 14.6 Å². The van der Waals surface area contributed by atoms with Gasteiger partial charge in [0.15, 0.2) is 0 Å². The standard InChI is InChI=1S/C16H18BrFO4/c1-4-21-16(20)8-12-6-5-10(2)7-14(12)22-15(18)9-13(17)11(3)19/h5-7,9,19H,4,8H2,1-3H3/b13-11-,15-9+. The Morgan fingerprint density at radius 2 is 2.14 bits per heavy atom. The molecule has 0 aliphatic carbocycles. The second-order valence-corrected chi connectivity index (χ2v) is 5.43. The number of halogens is 2. The van der Waals surface area contributed by atoms with E-state index in [-0.39, 0.29) is 29.0 Å². The summed E-state index contributed by atoms with van der Waals surface area (Å²) in [6, 6.07) is 4.22. The van der Waals surface area contributed by atoms with Crippen LogP contribution in [0.4, 0.5) is 4.39 Å². The van der Waals surface area contributed by atoms with Crippen LogP contribution in [0.1, 0.15) is 25.0 Å². The topological polar surface area (TPSA) is 55.8 Å². The Hall–Kier alpha value is -1.82. The highest BCUT2D eigenvalue weighted by Gasteiger charge is 2.12. The summed E-state index contributed by atoms with van der Waals surface area (Å²) in [7, 11) is 0. The number of aliphatic hydroxyl groups excluding tert-OH is 1. The quantitative estimate of drug-likeness (QED) is 0.454. The van der Waals surface area contributed by atoms with Crippen LogP contribution < -0.4 is 4.74 Å². The molecular formula is C16H18BrFO4. The van der Waals surface area contributed by atoms with Gasteiger partial charge in [0.25, 0.3) is 6.01 Å². The van der Waals surface area contributed by atoms with Gasteiger partial charge in [-0.1, -0.05) is 12.1 Å². The minimum absolute atomic E-state index is 0.00717. The van der Waals surface area contributed by atoms with E-state index in [1.165, 1.54) is 6.92 Å². The number of esters is 1. The Morgan fingerprint density at radius 3 is 2.73 bits per heavy atom. The van der Waals surface area contributed by atoms with Crippen LogP contribution in [0.2, 0.25) is 0 Å². The first kappa shape index (κ1) is 18.2. The number of allylic oxidation sites excluding steroid dienone is 3. The van der Waals surface area contributed by atoms with Crippen molar-refractivity contribution < 1.29 is 23.8 Å². The predicted molar refractivity (Wildman–Crippen MR) is 85.6 cm³/mol. The van der Waals surface area contributed by atoms with E-state index in [1.807, 2.05) is 6.92 Å². The van der Waals surface area contributed by atoms with Crippen LogP contribution in [0.3, 0.4) is 0 Å². The van der Waals surface area contributed by atoms with Gasteiger partial charge in [0, 0.05) is 11.6 Å². The summed E-state index contributed by atoms with van der Waals surface area (Å²) in [5.41, 5.74) is 1.39. The molecule has 0 aliphatic rings. The molecule has 1 rings (SSSR count). The maximum Gasteiger partial charge on any atom is 0.310 e. The molecule has 0 heterocycles. The van der Waals surface area contributed by atoms with Gasteiger partial charge in [-0.15, -0.1) is 0 Å². The zero-order valence-corrected chi connectivity index (χ0v) is 14.2. The van der Waals surface area contributed by atoms with Gasteiger partial charge in [-0.05, 0) is 48.3 Å². The van der Waals surface area contributed by atoms with Crippen LogP contribution in [-0.4, -0.2) is 17.7 Å². The van der Waals surface area contributed by atoms with E-state index in [4.69, 9.17) is 9.47 Å². The molecule has 0 fully saturated rings. The first-order valence-corrected chi connectivity index (χ1v) is 7.48. The average molecular weight is 373 g/mol. The monoisotopic (exact) mass is 372 g/mol. The van der Waals surface area contributed by atoms with Gasteiger partial charge in [-0.25, -0.2) is 0 Å². The molecule has 6 heteroatoms. The molecule has 1 aromatic carbocycles. The van der Waals surface area contributed by atoms with E-state index in [2.05, 4.69) is 15.9 Å². The van der Waals surface area contributed by atoms with Crippen molar-refractivity contribution in [3.05, 3.63) is 51.7 Å². The second kappa shape index (κ2) is 8.58. The largest absolute Gasteiger partial charge is 0.511 e. The lowest BCUT2D eigenvalue weighted by Crippen LogP contribution is -2.09. The Bertz CT molecular complexity index is 604. The number of rotatable bonds is 6. The van der Waals surface area contributed by atoms with E-state index in [0.717, 1.165) is 11.6 Å². The summed E-state index contributed by atoms with van der Waals surface area (Å²) < 4.78 is 24.0. The number of carbonyl (C=O) groups is 1. The molecule has 0 amide bonds. The van der Waals surface area contributed by atoms with Crippen molar-refractivity contribution in [1.29, 1.82) is 0 Å². The fraction of sp³-hybridized carbons (Fsp3) is 0.312. The summed E-state index contributed by atoms with van der Waals surface area (Å²) in [6.07, 6.45) is 0.999. The van der Waals surface area contributed by atoms with Crippen LogP contribution in [-0.2, 0) is 16.0 Å². The van der Waals surface area contributed by atoms with Crippen LogP contribution in [0.5, 0.6) is 5.75 Å². The SMILES string of the molecule is CCOC(=O)Cc1ccc(C)cc1O/C(F)=C/C(Br)=C(\C)O. The minimum atomic E-state index is -0.906. The lowest BCUT2D eigenvalue weighted by molar-refractivity contribution is -0.142. The van der Waals surface area contributed by atoms with Crippen LogP contribution in [0.25, 0.3) is 0 Å². The number of benzene rings is 1. The molecule has 1 aromatic rings. The highest BCUT2D eigenvalue weighted by atomic mass is 79.9. The maximum atomic E-state index is 13.8. The minimum Gasteiger partial charge on any atom is -0.511 e.